The SMILES string of the molecule is CCc1ccc(CC)c(C2(C)OCCO2)c1. The predicted octanol–water partition coefficient (Wildman–Crippen LogP) is 3.03. The Morgan fingerprint density at radius 2 is 1.81 bits per heavy atom. The molecule has 1 heterocycles. The van der Waals surface area contributed by atoms with Gasteiger partial charge in [-0.2, -0.15) is 0 Å². The third-order valence-corrected chi connectivity index (χ3v) is 3.29. The Bertz CT molecular complexity index is 365. The first-order valence-electron chi connectivity index (χ1n) is 6.09. The van der Waals surface area contributed by atoms with E-state index in [1.54, 1.807) is 0 Å². The van der Waals surface area contributed by atoms with Gasteiger partial charge in [0.05, 0.1) is 13.2 Å². The van der Waals surface area contributed by atoms with Crippen LogP contribution in [0.15, 0.2) is 18.2 Å². The average molecular weight is 220 g/mol. The second-order valence-electron chi connectivity index (χ2n) is 4.34. The summed E-state index contributed by atoms with van der Waals surface area (Å²) < 4.78 is 11.5. The molecule has 2 nitrogen and oxygen atoms in total. The fraction of sp³-hybridized carbons (Fsp3) is 0.571. The van der Waals surface area contributed by atoms with Gasteiger partial charge in [0.25, 0.3) is 0 Å². The van der Waals surface area contributed by atoms with Gasteiger partial charge in [0.15, 0.2) is 5.79 Å². The molecule has 0 aliphatic carbocycles. The summed E-state index contributed by atoms with van der Waals surface area (Å²) in [7, 11) is 0. The first-order chi connectivity index (χ1) is 7.69. The molecule has 0 radical (unpaired) electrons. The summed E-state index contributed by atoms with van der Waals surface area (Å²) in [6.07, 6.45) is 2.06. The zero-order valence-corrected chi connectivity index (χ0v) is 10.4. The second-order valence-corrected chi connectivity index (χ2v) is 4.34. The number of ether oxygens (including phenoxy) is 2. The Kier molecular flexibility index (Phi) is 3.31. The highest BCUT2D eigenvalue weighted by molar-refractivity contribution is 5.35. The molecule has 2 heteroatoms. The van der Waals surface area contributed by atoms with E-state index >= 15 is 0 Å². The van der Waals surface area contributed by atoms with Crippen LogP contribution in [0.3, 0.4) is 0 Å². The normalized spacial score (nSPS) is 18.9. The maximum atomic E-state index is 5.75. The van der Waals surface area contributed by atoms with E-state index in [0.717, 1.165) is 12.8 Å². The van der Waals surface area contributed by atoms with Crippen molar-refractivity contribution in [2.75, 3.05) is 13.2 Å². The minimum atomic E-state index is -0.531. The summed E-state index contributed by atoms with van der Waals surface area (Å²) in [5.41, 5.74) is 3.86. The summed E-state index contributed by atoms with van der Waals surface area (Å²) in [6.45, 7) is 7.74. The third kappa shape index (κ3) is 2.00. The van der Waals surface area contributed by atoms with Gasteiger partial charge < -0.3 is 9.47 Å². The molecule has 0 unspecified atom stereocenters. The van der Waals surface area contributed by atoms with Crippen molar-refractivity contribution in [3.8, 4) is 0 Å². The van der Waals surface area contributed by atoms with E-state index in [-0.39, 0.29) is 0 Å². The third-order valence-electron chi connectivity index (χ3n) is 3.29. The number of hydrogen-bond acceptors (Lipinski definition) is 2. The van der Waals surface area contributed by atoms with Crippen LogP contribution in [0.2, 0.25) is 0 Å². The van der Waals surface area contributed by atoms with Crippen molar-refractivity contribution in [1.82, 2.24) is 0 Å². The summed E-state index contributed by atoms with van der Waals surface area (Å²) in [4.78, 5) is 0. The van der Waals surface area contributed by atoms with Crippen LogP contribution >= 0.6 is 0 Å². The Morgan fingerprint density at radius 3 is 2.38 bits per heavy atom. The molecular formula is C14H20O2. The largest absolute Gasteiger partial charge is 0.344 e. The van der Waals surface area contributed by atoms with Crippen molar-refractivity contribution >= 4 is 0 Å². The summed E-state index contributed by atoms with van der Waals surface area (Å²) in [5, 5.41) is 0. The number of aryl methyl sites for hydroxylation is 2. The fourth-order valence-electron chi connectivity index (χ4n) is 2.24. The highest BCUT2D eigenvalue weighted by Crippen LogP contribution is 2.34. The molecule has 0 bridgehead atoms. The van der Waals surface area contributed by atoms with Gasteiger partial charge in [-0.05, 0) is 30.9 Å². The van der Waals surface area contributed by atoms with Crippen LogP contribution in [0.4, 0.5) is 0 Å². The molecule has 16 heavy (non-hydrogen) atoms. The van der Waals surface area contributed by atoms with E-state index in [0.29, 0.717) is 13.2 Å². The molecule has 88 valence electrons. The van der Waals surface area contributed by atoms with Crippen LogP contribution < -0.4 is 0 Å². The lowest BCUT2D eigenvalue weighted by molar-refractivity contribution is -0.150. The molecule has 1 aliphatic rings. The van der Waals surface area contributed by atoms with Crippen LogP contribution in [-0.2, 0) is 28.1 Å². The van der Waals surface area contributed by atoms with Gasteiger partial charge in [-0.3, -0.25) is 0 Å². The summed E-state index contributed by atoms with van der Waals surface area (Å²) >= 11 is 0. The van der Waals surface area contributed by atoms with Gasteiger partial charge in [-0.25, -0.2) is 0 Å². The molecule has 1 saturated heterocycles. The minimum absolute atomic E-state index is 0.531. The Morgan fingerprint density at radius 1 is 1.12 bits per heavy atom. The standard InChI is InChI=1S/C14H20O2/c1-4-11-6-7-12(5-2)13(10-11)14(3)15-8-9-16-14/h6-7,10H,4-5,8-9H2,1-3H3. The van der Waals surface area contributed by atoms with E-state index < -0.39 is 5.79 Å². The van der Waals surface area contributed by atoms with Crippen molar-refractivity contribution in [3.05, 3.63) is 34.9 Å². The van der Waals surface area contributed by atoms with Crippen molar-refractivity contribution in [3.63, 3.8) is 0 Å². The van der Waals surface area contributed by atoms with Crippen LogP contribution in [0.25, 0.3) is 0 Å². The van der Waals surface area contributed by atoms with Crippen LogP contribution in [0.1, 0.15) is 37.5 Å². The molecule has 1 aromatic rings. The monoisotopic (exact) mass is 220 g/mol. The molecule has 1 aromatic carbocycles. The molecular weight excluding hydrogens is 200 g/mol. The first kappa shape index (κ1) is 11.6. The number of benzene rings is 1. The Balaban J connectivity index is 2.43. The molecule has 0 aromatic heterocycles. The lowest BCUT2D eigenvalue weighted by atomic mass is 9.95. The topological polar surface area (TPSA) is 18.5 Å². The van der Waals surface area contributed by atoms with Crippen LogP contribution in [0.5, 0.6) is 0 Å². The van der Waals surface area contributed by atoms with Gasteiger partial charge >= 0.3 is 0 Å². The zero-order valence-electron chi connectivity index (χ0n) is 10.4. The maximum absolute atomic E-state index is 5.75. The molecule has 2 rings (SSSR count). The lowest BCUT2D eigenvalue weighted by Crippen LogP contribution is -2.24. The van der Waals surface area contributed by atoms with E-state index in [2.05, 4.69) is 32.0 Å². The summed E-state index contributed by atoms with van der Waals surface area (Å²) in [6, 6.07) is 6.62. The van der Waals surface area contributed by atoms with Gasteiger partial charge in [-0.15, -0.1) is 0 Å². The number of hydrogen-bond donors (Lipinski definition) is 0. The van der Waals surface area contributed by atoms with Crippen molar-refractivity contribution < 1.29 is 9.47 Å². The minimum Gasteiger partial charge on any atom is -0.344 e. The fourth-order valence-corrected chi connectivity index (χ4v) is 2.24. The van der Waals surface area contributed by atoms with Crippen molar-refractivity contribution in [1.29, 1.82) is 0 Å². The second kappa shape index (κ2) is 4.56. The van der Waals surface area contributed by atoms with Crippen molar-refractivity contribution in [2.45, 2.75) is 39.4 Å². The smallest absolute Gasteiger partial charge is 0.192 e. The highest BCUT2D eigenvalue weighted by atomic mass is 16.7. The van der Waals surface area contributed by atoms with E-state index in [4.69, 9.17) is 9.47 Å². The van der Waals surface area contributed by atoms with Crippen molar-refractivity contribution in [2.24, 2.45) is 0 Å². The molecule has 1 fully saturated rings. The van der Waals surface area contributed by atoms with Crippen LogP contribution in [0, 0.1) is 0 Å². The molecule has 1 aliphatic heterocycles. The van der Waals surface area contributed by atoms with E-state index in [1.165, 1.54) is 16.7 Å². The highest BCUT2D eigenvalue weighted by Gasteiger charge is 2.34. The molecule has 0 spiro atoms. The molecule has 0 atom stereocenters. The lowest BCUT2D eigenvalue weighted by Gasteiger charge is -2.26. The molecule has 0 amide bonds. The van der Waals surface area contributed by atoms with Gasteiger partial charge in [0.2, 0.25) is 0 Å². The maximum Gasteiger partial charge on any atom is 0.192 e. The summed E-state index contributed by atoms with van der Waals surface area (Å²) in [5.74, 6) is -0.531. The van der Waals surface area contributed by atoms with Gasteiger partial charge in [-0.1, -0.05) is 32.0 Å². The molecule has 0 saturated carbocycles. The Labute approximate surface area is 97.6 Å². The predicted molar refractivity (Wildman–Crippen MR) is 64.5 cm³/mol. The van der Waals surface area contributed by atoms with E-state index in [9.17, 15) is 0 Å². The zero-order chi connectivity index (χ0) is 11.6. The number of rotatable bonds is 3. The average Bonchev–Trinajstić information content (AvgIpc) is 2.76. The van der Waals surface area contributed by atoms with Gasteiger partial charge in [0, 0.05) is 5.56 Å². The van der Waals surface area contributed by atoms with Gasteiger partial charge in [0.1, 0.15) is 0 Å². The Hall–Kier alpha value is -0.860. The van der Waals surface area contributed by atoms with Crippen LogP contribution in [-0.4, -0.2) is 13.2 Å². The quantitative estimate of drug-likeness (QED) is 0.779. The van der Waals surface area contributed by atoms with E-state index in [1.807, 2.05) is 6.92 Å². The molecule has 0 N–H and O–H groups in total. The first-order valence-corrected chi connectivity index (χ1v) is 6.09.